The average Bonchev–Trinajstić information content (AvgIpc) is 2.79. The van der Waals surface area contributed by atoms with Crippen molar-refractivity contribution in [3.63, 3.8) is 0 Å². The second-order valence-electron chi connectivity index (χ2n) is 4.89. The molecular formula is C15H18N2O3. The summed E-state index contributed by atoms with van der Waals surface area (Å²) in [4.78, 5) is 25.1. The summed E-state index contributed by atoms with van der Waals surface area (Å²) in [5.74, 6) is -0.987. The molecule has 0 saturated heterocycles. The molecule has 0 aliphatic carbocycles. The molecule has 0 radical (unpaired) electrons. The minimum absolute atomic E-state index is 0.0489. The summed E-state index contributed by atoms with van der Waals surface area (Å²) in [6.07, 6.45) is 3.01. The van der Waals surface area contributed by atoms with Crippen molar-refractivity contribution >= 4 is 22.8 Å². The predicted octanol–water partition coefficient (Wildman–Crippen LogP) is 2.08. The Balaban J connectivity index is 2.13. The molecule has 106 valence electrons. The molecule has 1 amide bonds. The van der Waals surface area contributed by atoms with E-state index in [2.05, 4.69) is 10.3 Å². The van der Waals surface area contributed by atoms with Gasteiger partial charge in [-0.3, -0.25) is 9.59 Å². The van der Waals surface area contributed by atoms with Gasteiger partial charge in [-0.25, -0.2) is 0 Å². The third kappa shape index (κ3) is 3.60. The molecule has 0 bridgehead atoms. The second-order valence-corrected chi connectivity index (χ2v) is 4.89. The van der Waals surface area contributed by atoms with Crippen molar-refractivity contribution in [2.75, 3.05) is 0 Å². The van der Waals surface area contributed by atoms with E-state index in [0.717, 1.165) is 16.5 Å². The normalized spacial score (nSPS) is 12.2. The number of aliphatic carboxylic acids is 1. The van der Waals surface area contributed by atoms with Gasteiger partial charge in [0.2, 0.25) is 5.91 Å². The zero-order chi connectivity index (χ0) is 14.5. The maximum Gasteiger partial charge on any atom is 0.303 e. The Hall–Kier alpha value is -2.30. The van der Waals surface area contributed by atoms with Gasteiger partial charge >= 0.3 is 5.97 Å². The van der Waals surface area contributed by atoms with Gasteiger partial charge in [0.25, 0.3) is 0 Å². The number of hydrogen-bond acceptors (Lipinski definition) is 2. The molecule has 1 aromatic heterocycles. The minimum atomic E-state index is -0.848. The van der Waals surface area contributed by atoms with Gasteiger partial charge in [-0.2, -0.15) is 0 Å². The second kappa shape index (κ2) is 6.23. The molecule has 0 aliphatic heterocycles. The highest BCUT2D eigenvalue weighted by Gasteiger charge is 2.15. The highest BCUT2D eigenvalue weighted by atomic mass is 16.4. The van der Waals surface area contributed by atoms with Gasteiger partial charge in [-0.05, 0) is 24.5 Å². The molecule has 5 nitrogen and oxygen atoms in total. The summed E-state index contributed by atoms with van der Waals surface area (Å²) in [7, 11) is 0. The van der Waals surface area contributed by atoms with Gasteiger partial charge in [0.1, 0.15) is 0 Å². The van der Waals surface area contributed by atoms with Crippen LogP contribution in [0.4, 0.5) is 0 Å². The van der Waals surface area contributed by atoms with Crippen LogP contribution in [0.15, 0.2) is 30.5 Å². The fourth-order valence-electron chi connectivity index (χ4n) is 2.38. The number of nitrogens with one attached hydrogen (secondary N) is 2. The molecule has 1 atom stereocenters. The maximum absolute atomic E-state index is 11.2. The third-order valence-corrected chi connectivity index (χ3v) is 3.26. The Morgan fingerprint density at radius 1 is 1.35 bits per heavy atom. The van der Waals surface area contributed by atoms with E-state index in [1.54, 1.807) is 0 Å². The number of carbonyl (C=O) groups is 2. The zero-order valence-corrected chi connectivity index (χ0v) is 11.3. The SMILES string of the molecule is CC(=O)NC(CCC(=O)O)Cc1c[nH]c2ccccc12. The summed E-state index contributed by atoms with van der Waals surface area (Å²) in [6.45, 7) is 1.45. The lowest BCUT2D eigenvalue weighted by molar-refractivity contribution is -0.137. The Kier molecular flexibility index (Phi) is 4.40. The number of aromatic nitrogens is 1. The van der Waals surface area contributed by atoms with E-state index in [-0.39, 0.29) is 18.4 Å². The highest BCUT2D eigenvalue weighted by molar-refractivity contribution is 5.83. The molecule has 0 spiro atoms. The van der Waals surface area contributed by atoms with E-state index in [0.29, 0.717) is 12.8 Å². The number of carboxylic acid groups (broad SMARTS) is 1. The van der Waals surface area contributed by atoms with E-state index < -0.39 is 5.97 Å². The monoisotopic (exact) mass is 274 g/mol. The van der Waals surface area contributed by atoms with Gasteiger partial charge < -0.3 is 15.4 Å². The smallest absolute Gasteiger partial charge is 0.303 e. The maximum atomic E-state index is 11.2. The first-order valence-corrected chi connectivity index (χ1v) is 6.60. The number of benzene rings is 1. The number of carboxylic acids is 1. The molecule has 0 saturated carbocycles. The van der Waals surface area contributed by atoms with Crippen molar-refractivity contribution in [3.8, 4) is 0 Å². The average molecular weight is 274 g/mol. The molecule has 20 heavy (non-hydrogen) atoms. The molecule has 2 aromatic rings. The van der Waals surface area contributed by atoms with Crippen LogP contribution >= 0.6 is 0 Å². The quantitative estimate of drug-likeness (QED) is 0.754. The van der Waals surface area contributed by atoms with Crippen LogP contribution in [0.5, 0.6) is 0 Å². The van der Waals surface area contributed by atoms with E-state index in [9.17, 15) is 9.59 Å². The van der Waals surface area contributed by atoms with Crippen molar-refractivity contribution in [2.45, 2.75) is 32.2 Å². The van der Waals surface area contributed by atoms with Crippen molar-refractivity contribution in [1.29, 1.82) is 0 Å². The van der Waals surface area contributed by atoms with Crippen molar-refractivity contribution < 1.29 is 14.7 Å². The largest absolute Gasteiger partial charge is 0.481 e. The van der Waals surface area contributed by atoms with Crippen molar-refractivity contribution in [2.24, 2.45) is 0 Å². The van der Waals surface area contributed by atoms with Crippen LogP contribution in [0.25, 0.3) is 10.9 Å². The summed E-state index contributed by atoms with van der Waals surface area (Å²) in [5.41, 5.74) is 2.13. The number of carbonyl (C=O) groups excluding carboxylic acids is 1. The van der Waals surface area contributed by atoms with E-state index in [4.69, 9.17) is 5.11 Å². The van der Waals surface area contributed by atoms with Gasteiger partial charge in [0.15, 0.2) is 0 Å². The van der Waals surface area contributed by atoms with Gasteiger partial charge in [-0.1, -0.05) is 18.2 Å². The first kappa shape index (κ1) is 14.1. The number of fused-ring (bicyclic) bond motifs is 1. The lowest BCUT2D eigenvalue weighted by Gasteiger charge is -2.16. The lowest BCUT2D eigenvalue weighted by atomic mass is 10.0. The van der Waals surface area contributed by atoms with Gasteiger partial charge in [0, 0.05) is 36.5 Å². The van der Waals surface area contributed by atoms with Crippen LogP contribution in [0.2, 0.25) is 0 Å². The van der Waals surface area contributed by atoms with Crippen LogP contribution < -0.4 is 5.32 Å². The fourth-order valence-corrected chi connectivity index (χ4v) is 2.38. The first-order chi connectivity index (χ1) is 9.56. The van der Waals surface area contributed by atoms with Crippen molar-refractivity contribution in [3.05, 3.63) is 36.0 Å². The Labute approximate surface area is 117 Å². The molecule has 5 heteroatoms. The number of rotatable bonds is 6. The first-order valence-electron chi connectivity index (χ1n) is 6.60. The molecule has 1 aromatic carbocycles. The number of amides is 1. The molecule has 1 heterocycles. The Morgan fingerprint density at radius 3 is 2.80 bits per heavy atom. The number of H-pyrrole nitrogens is 1. The van der Waals surface area contributed by atoms with E-state index >= 15 is 0 Å². The fraction of sp³-hybridized carbons (Fsp3) is 0.333. The third-order valence-electron chi connectivity index (χ3n) is 3.26. The Bertz CT molecular complexity index is 618. The molecule has 1 unspecified atom stereocenters. The molecule has 2 rings (SSSR count). The summed E-state index contributed by atoms with van der Waals surface area (Å²) >= 11 is 0. The number of para-hydroxylation sites is 1. The molecule has 3 N–H and O–H groups in total. The summed E-state index contributed by atoms with van der Waals surface area (Å²) in [5, 5.41) is 12.7. The lowest BCUT2D eigenvalue weighted by Crippen LogP contribution is -2.35. The minimum Gasteiger partial charge on any atom is -0.481 e. The van der Waals surface area contributed by atoms with Crippen LogP contribution in [0.3, 0.4) is 0 Å². The number of aromatic amines is 1. The van der Waals surface area contributed by atoms with Crippen LogP contribution in [0, 0.1) is 0 Å². The molecular weight excluding hydrogens is 256 g/mol. The standard InChI is InChI=1S/C15H18N2O3/c1-10(18)17-12(6-7-15(19)20)8-11-9-16-14-5-3-2-4-13(11)14/h2-5,9,12,16H,6-8H2,1H3,(H,17,18)(H,19,20). The molecule has 0 aliphatic rings. The van der Waals surface area contributed by atoms with Crippen LogP contribution in [-0.2, 0) is 16.0 Å². The van der Waals surface area contributed by atoms with Crippen LogP contribution in [0.1, 0.15) is 25.3 Å². The number of hydrogen-bond donors (Lipinski definition) is 3. The van der Waals surface area contributed by atoms with Gasteiger partial charge in [-0.15, -0.1) is 0 Å². The van der Waals surface area contributed by atoms with E-state index in [1.165, 1.54) is 6.92 Å². The highest BCUT2D eigenvalue weighted by Crippen LogP contribution is 2.20. The zero-order valence-electron chi connectivity index (χ0n) is 11.3. The topological polar surface area (TPSA) is 82.2 Å². The predicted molar refractivity (Wildman–Crippen MR) is 76.5 cm³/mol. The van der Waals surface area contributed by atoms with Gasteiger partial charge in [0.05, 0.1) is 0 Å². The summed E-state index contributed by atoms with van der Waals surface area (Å²) in [6, 6.07) is 7.76. The van der Waals surface area contributed by atoms with E-state index in [1.807, 2.05) is 30.5 Å². The molecule has 0 fully saturated rings. The summed E-state index contributed by atoms with van der Waals surface area (Å²) < 4.78 is 0. The Morgan fingerprint density at radius 2 is 2.10 bits per heavy atom. The van der Waals surface area contributed by atoms with Crippen molar-refractivity contribution in [1.82, 2.24) is 10.3 Å². The van der Waals surface area contributed by atoms with Crippen LogP contribution in [-0.4, -0.2) is 28.0 Å².